The average molecular weight is 330 g/mol. The maximum Gasteiger partial charge on any atom is 0.0969 e. The van der Waals surface area contributed by atoms with E-state index in [2.05, 4.69) is 45.4 Å². The fourth-order valence-corrected chi connectivity index (χ4v) is 2.23. The van der Waals surface area contributed by atoms with Crippen molar-refractivity contribution < 1.29 is 0 Å². The van der Waals surface area contributed by atoms with Crippen LogP contribution in [-0.4, -0.2) is 21.0 Å². The number of nitrogens with one attached hydrogen (secondary N) is 1. The van der Waals surface area contributed by atoms with Gasteiger partial charge in [0.05, 0.1) is 22.6 Å². The molecule has 2 rings (SSSR count). The fourth-order valence-electron chi connectivity index (χ4n) is 1.47. The summed E-state index contributed by atoms with van der Waals surface area (Å²) in [7, 11) is 0. The van der Waals surface area contributed by atoms with Gasteiger partial charge in [0, 0.05) is 17.1 Å². The summed E-state index contributed by atoms with van der Waals surface area (Å²) < 4.78 is 2.63. The van der Waals surface area contributed by atoms with Gasteiger partial charge in [-0.05, 0) is 18.2 Å². The number of aromatic nitrogens is 3. The lowest BCUT2D eigenvalue weighted by Crippen LogP contribution is -2.21. The molecular formula is C12H14BrClN4. The van der Waals surface area contributed by atoms with Crippen molar-refractivity contribution in [3.8, 4) is 5.69 Å². The Morgan fingerprint density at radius 1 is 1.44 bits per heavy atom. The van der Waals surface area contributed by atoms with Crippen molar-refractivity contribution in [3.63, 3.8) is 0 Å². The predicted octanol–water partition coefficient (Wildman–Crippen LogP) is 3.18. The van der Waals surface area contributed by atoms with Crippen LogP contribution in [0, 0.1) is 0 Å². The summed E-state index contributed by atoms with van der Waals surface area (Å²) in [4.78, 5) is 0. The van der Waals surface area contributed by atoms with Gasteiger partial charge in [0.25, 0.3) is 0 Å². The minimum absolute atomic E-state index is 0.423. The Labute approximate surface area is 119 Å². The maximum absolute atomic E-state index is 6.17. The Morgan fingerprint density at radius 3 is 2.89 bits per heavy atom. The number of benzene rings is 1. The van der Waals surface area contributed by atoms with E-state index in [4.69, 9.17) is 11.6 Å². The van der Waals surface area contributed by atoms with Crippen molar-refractivity contribution in [2.45, 2.75) is 26.4 Å². The van der Waals surface area contributed by atoms with Gasteiger partial charge in [0.2, 0.25) is 0 Å². The molecule has 96 valence electrons. The topological polar surface area (TPSA) is 42.7 Å². The third-order valence-electron chi connectivity index (χ3n) is 2.39. The zero-order valence-corrected chi connectivity index (χ0v) is 12.5. The van der Waals surface area contributed by atoms with Crippen LogP contribution in [0.25, 0.3) is 5.69 Å². The molecule has 6 heteroatoms. The first kappa shape index (κ1) is 13.5. The van der Waals surface area contributed by atoms with Gasteiger partial charge in [-0.3, -0.25) is 0 Å². The monoisotopic (exact) mass is 328 g/mol. The molecule has 0 aliphatic rings. The van der Waals surface area contributed by atoms with Crippen LogP contribution in [0.4, 0.5) is 0 Å². The highest BCUT2D eigenvalue weighted by Crippen LogP contribution is 2.23. The SMILES string of the molecule is CC(C)NCc1cn(-c2ccc(Br)cc2Cl)nn1. The molecule has 0 aliphatic carbocycles. The summed E-state index contributed by atoms with van der Waals surface area (Å²) in [6.07, 6.45) is 1.88. The molecule has 0 aliphatic heterocycles. The first-order valence-corrected chi connectivity index (χ1v) is 6.83. The van der Waals surface area contributed by atoms with Crippen LogP contribution in [0.3, 0.4) is 0 Å². The lowest BCUT2D eigenvalue weighted by molar-refractivity contribution is 0.580. The van der Waals surface area contributed by atoms with Gasteiger partial charge < -0.3 is 5.32 Å². The summed E-state index contributed by atoms with van der Waals surface area (Å²) >= 11 is 9.54. The highest BCUT2D eigenvalue weighted by atomic mass is 79.9. The summed E-state index contributed by atoms with van der Waals surface area (Å²) in [5, 5.41) is 12.1. The Hall–Kier alpha value is -0.910. The molecule has 4 nitrogen and oxygen atoms in total. The molecule has 18 heavy (non-hydrogen) atoms. The van der Waals surface area contributed by atoms with E-state index in [-0.39, 0.29) is 0 Å². The van der Waals surface area contributed by atoms with E-state index < -0.39 is 0 Å². The summed E-state index contributed by atoms with van der Waals surface area (Å²) in [6, 6.07) is 6.09. The molecule has 0 amide bonds. The van der Waals surface area contributed by atoms with E-state index >= 15 is 0 Å². The third-order valence-corrected chi connectivity index (χ3v) is 3.18. The molecule has 0 bridgehead atoms. The van der Waals surface area contributed by atoms with Crippen LogP contribution < -0.4 is 5.32 Å². The quantitative estimate of drug-likeness (QED) is 0.937. The van der Waals surface area contributed by atoms with E-state index in [1.807, 2.05) is 24.4 Å². The molecule has 0 radical (unpaired) electrons. The Bertz CT molecular complexity index is 539. The highest BCUT2D eigenvalue weighted by Gasteiger charge is 2.07. The number of nitrogens with zero attached hydrogens (tertiary/aromatic N) is 3. The molecule has 0 spiro atoms. The summed E-state index contributed by atoms with van der Waals surface area (Å²) in [6.45, 7) is 4.89. The van der Waals surface area contributed by atoms with Gasteiger partial charge in [-0.15, -0.1) is 5.10 Å². The highest BCUT2D eigenvalue weighted by molar-refractivity contribution is 9.10. The van der Waals surface area contributed by atoms with Crippen LogP contribution in [0.2, 0.25) is 5.02 Å². The Kier molecular flexibility index (Phi) is 4.37. The lowest BCUT2D eigenvalue weighted by Gasteiger charge is -2.04. The number of rotatable bonds is 4. The Morgan fingerprint density at radius 2 is 2.22 bits per heavy atom. The third kappa shape index (κ3) is 3.31. The smallest absolute Gasteiger partial charge is 0.0969 e. The molecule has 0 atom stereocenters. The first-order valence-electron chi connectivity index (χ1n) is 5.66. The van der Waals surface area contributed by atoms with E-state index in [0.29, 0.717) is 17.6 Å². The fraction of sp³-hybridized carbons (Fsp3) is 0.333. The van der Waals surface area contributed by atoms with Crippen molar-refractivity contribution in [1.29, 1.82) is 0 Å². The van der Waals surface area contributed by atoms with E-state index in [9.17, 15) is 0 Å². The van der Waals surface area contributed by atoms with Crippen LogP contribution in [0.5, 0.6) is 0 Å². The van der Waals surface area contributed by atoms with Gasteiger partial charge in [-0.1, -0.05) is 46.6 Å². The second-order valence-electron chi connectivity index (χ2n) is 4.29. The molecule has 1 aromatic carbocycles. The minimum Gasteiger partial charge on any atom is -0.309 e. The maximum atomic E-state index is 6.17. The molecule has 1 N–H and O–H groups in total. The zero-order valence-electron chi connectivity index (χ0n) is 10.2. The van der Waals surface area contributed by atoms with Crippen LogP contribution >= 0.6 is 27.5 Å². The number of hydrogen-bond donors (Lipinski definition) is 1. The molecule has 1 heterocycles. The van der Waals surface area contributed by atoms with Crippen LogP contribution in [-0.2, 0) is 6.54 Å². The first-order chi connectivity index (χ1) is 8.56. The van der Waals surface area contributed by atoms with Crippen LogP contribution in [0.1, 0.15) is 19.5 Å². The summed E-state index contributed by atoms with van der Waals surface area (Å²) in [5.41, 5.74) is 1.71. The second kappa shape index (κ2) is 5.82. The predicted molar refractivity (Wildman–Crippen MR) is 76.0 cm³/mol. The molecule has 0 saturated heterocycles. The zero-order chi connectivity index (χ0) is 13.1. The Balaban J connectivity index is 2.18. The number of hydrogen-bond acceptors (Lipinski definition) is 3. The molecule has 0 fully saturated rings. The second-order valence-corrected chi connectivity index (χ2v) is 5.61. The van der Waals surface area contributed by atoms with Crippen molar-refractivity contribution in [2.75, 3.05) is 0 Å². The van der Waals surface area contributed by atoms with Gasteiger partial charge in [-0.25, -0.2) is 4.68 Å². The van der Waals surface area contributed by atoms with Gasteiger partial charge >= 0.3 is 0 Å². The van der Waals surface area contributed by atoms with Gasteiger partial charge in [-0.2, -0.15) is 0 Å². The average Bonchev–Trinajstić information content (AvgIpc) is 2.75. The van der Waals surface area contributed by atoms with Crippen molar-refractivity contribution in [2.24, 2.45) is 0 Å². The van der Waals surface area contributed by atoms with Crippen molar-refractivity contribution in [1.82, 2.24) is 20.3 Å². The number of halogens is 2. The van der Waals surface area contributed by atoms with E-state index in [1.165, 1.54) is 0 Å². The van der Waals surface area contributed by atoms with Gasteiger partial charge in [0.15, 0.2) is 0 Å². The van der Waals surface area contributed by atoms with Crippen molar-refractivity contribution >= 4 is 27.5 Å². The molecule has 2 aromatic rings. The minimum atomic E-state index is 0.423. The van der Waals surface area contributed by atoms with E-state index in [0.717, 1.165) is 15.9 Å². The van der Waals surface area contributed by atoms with E-state index in [1.54, 1.807) is 4.68 Å². The molecule has 1 aromatic heterocycles. The van der Waals surface area contributed by atoms with Gasteiger partial charge in [0.1, 0.15) is 0 Å². The van der Waals surface area contributed by atoms with Crippen molar-refractivity contribution in [3.05, 3.63) is 39.6 Å². The lowest BCUT2D eigenvalue weighted by atomic mass is 10.3. The molecular weight excluding hydrogens is 316 g/mol. The largest absolute Gasteiger partial charge is 0.309 e. The molecule has 0 unspecified atom stereocenters. The normalized spacial score (nSPS) is 11.2. The molecule has 0 saturated carbocycles. The van der Waals surface area contributed by atoms with Crippen LogP contribution in [0.15, 0.2) is 28.9 Å². The standard InChI is InChI=1S/C12H14BrClN4/c1-8(2)15-6-10-7-18(17-16-10)12-4-3-9(13)5-11(12)14/h3-5,7-8,15H,6H2,1-2H3. The summed E-state index contributed by atoms with van der Waals surface area (Å²) in [5.74, 6) is 0.